The summed E-state index contributed by atoms with van der Waals surface area (Å²) in [5.41, 5.74) is 2.57. The van der Waals surface area contributed by atoms with Gasteiger partial charge in [0.05, 0.1) is 22.9 Å². The molecule has 8 nitrogen and oxygen atoms in total. The lowest BCUT2D eigenvalue weighted by Crippen LogP contribution is -2.18. The number of pyridine rings is 1. The number of aryl methyl sites for hydroxylation is 2. The van der Waals surface area contributed by atoms with Gasteiger partial charge in [-0.3, -0.25) is 15.1 Å². The lowest BCUT2D eigenvalue weighted by atomic mass is 10.2. The minimum atomic E-state index is -1.39. The maximum Gasteiger partial charge on any atom is 0.354 e. The fourth-order valence-electron chi connectivity index (χ4n) is 2.81. The summed E-state index contributed by atoms with van der Waals surface area (Å²) >= 11 is 0. The molecule has 26 heavy (non-hydrogen) atoms. The number of hydrogen-bond donors (Lipinski definition) is 0. The first-order valence-corrected chi connectivity index (χ1v) is 8.39. The van der Waals surface area contributed by atoms with Crippen LogP contribution in [0, 0.1) is 24.0 Å². The Morgan fingerprint density at radius 3 is 2.77 bits per heavy atom. The number of ether oxygens (including phenoxy) is 2. The average molecular weight is 364 g/mol. The molecule has 1 unspecified atom stereocenters. The lowest BCUT2D eigenvalue weighted by Gasteiger charge is -2.09. The van der Waals surface area contributed by atoms with Gasteiger partial charge in [-0.05, 0) is 38.3 Å². The minimum absolute atomic E-state index is 0.0420. The van der Waals surface area contributed by atoms with Crippen molar-refractivity contribution in [3.8, 4) is 11.6 Å². The molecule has 0 saturated heterocycles. The van der Waals surface area contributed by atoms with Crippen LogP contribution in [0.25, 0.3) is 5.69 Å². The Labute approximate surface area is 150 Å². The molecule has 1 aliphatic rings. The average Bonchev–Trinajstić information content (AvgIpc) is 3.35. The van der Waals surface area contributed by atoms with Crippen molar-refractivity contribution in [2.24, 2.45) is 0 Å². The first-order valence-electron chi connectivity index (χ1n) is 8.39. The molecule has 1 saturated carbocycles. The van der Waals surface area contributed by atoms with Gasteiger partial charge in [0.25, 0.3) is 0 Å². The van der Waals surface area contributed by atoms with Gasteiger partial charge in [0.1, 0.15) is 12.3 Å². The van der Waals surface area contributed by atoms with Gasteiger partial charge in [0, 0.05) is 19.2 Å². The predicted octanol–water partition coefficient (Wildman–Crippen LogP) is 3.03. The normalized spacial score (nSPS) is 15.1. The van der Waals surface area contributed by atoms with Crippen molar-refractivity contribution in [1.82, 2.24) is 14.8 Å². The fourth-order valence-corrected chi connectivity index (χ4v) is 2.81. The van der Waals surface area contributed by atoms with Crippen molar-refractivity contribution < 1.29 is 18.8 Å². The molecule has 1 aliphatic carbocycles. The number of rotatable bonds is 8. The molecule has 3 rings (SSSR count). The summed E-state index contributed by atoms with van der Waals surface area (Å²) in [7, 11) is 1.38. The minimum Gasteiger partial charge on any atom is -0.469 e. The zero-order valence-corrected chi connectivity index (χ0v) is 14.9. The highest BCUT2D eigenvalue weighted by molar-refractivity contribution is 5.54. The molecule has 0 aliphatic heterocycles. The van der Waals surface area contributed by atoms with Gasteiger partial charge in [-0.2, -0.15) is 0 Å². The van der Waals surface area contributed by atoms with Crippen LogP contribution in [-0.4, -0.2) is 46.2 Å². The highest BCUT2D eigenvalue weighted by Crippen LogP contribution is 2.48. The number of hydrogen-bond acceptors (Lipinski definition) is 6. The molecular weight excluding hydrogens is 343 g/mol. The third-order valence-electron chi connectivity index (χ3n) is 4.18. The van der Waals surface area contributed by atoms with Gasteiger partial charge in [0.2, 0.25) is 0 Å². The van der Waals surface area contributed by atoms with E-state index in [2.05, 4.69) is 10.1 Å². The molecule has 0 aromatic carbocycles. The number of methoxy groups -OCH3 is 1. The van der Waals surface area contributed by atoms with E-state index in [-0.39, 0.29) is 30.7 Å². The molecule has 0 spiro atoms. The Morgan fingerprint density at radius 2 is 2.15 bits per heavy atom. The molecule has 2 heterocycles. The molecule has 0 bridgehead atoms. The summed E-state index contributed by atoms with van der Waals surface area (Å²) < 4.78 is 25.3. The van der Waals surface area contributed by atoms with Crippen LogP contribution in [0.1, 0.15) is 35.7 Å². The van der Waals surface area contributed by atoms with E-state index in [0.717, 1.165) is 18.4 Å². The van der Waals surface area contributed by atoms with Crippen LogP contribution >= 0.6 is 0 Å². The van der Waals surface area contributed by atoms with Gasteiger partial charge in [-0.15, -0.1) is 5.10 Å². The molecule has 0 radical (unpaired) electrons. The van der Waals surface area contributed by atoms with Crippen molar-refractivity contribution in [2.75, 3.05) is 20.3 Å². The van der Waals surface area contributed by atoms with Crippen molar-refractivity contribution in [3.63, 3.8) is 0 Å². The topological polar surface area (TPSA) is 92.3 Å². The third kappa shape index (κ3) is 3.67. The second kappa shape index (κ2) is 7.36. The lowest BCUT2D eigenvalue weighted by molar-refractivity contribution is -0.386. The number of aromatic nitrogens is 3. The standard InChI is InChI=1S/C17H21FN4O4/c1-10-6-14(11(2)19-7-10)21-15(12-4-5-12)16(22(23)24)17(20-21)26-9-13(18)8-25-3/h6-7,12-13H,4-5,8-9H2,1-3H3. The van der Waals surface area contributed by atoms with E-state index in [0.29, 0.717) is 17.1 Å². The van der Waals surface area contributed by atoms with E-state index in [1.807, 2.05) is 19.9 Å². The maximum atomic E-state index is 13.7. The Balaban J connectivity index is 2.05. The van der Waals surface area contributed by atoms with E-state index >= 15 is 0 Å². The summed E-state index contributed by atoms with van der Waals surface area (Å²) in [6, 6.07) is 1.87. The molecule has 0 amide bonds. The van der Waals surface area contributed by atoms with E-state index in [1.54, 1.807) is 6.20 Å². The third-order valence-corrected chi connectivity index (χ3v) is 4.18. The quantitative estimate of drug-likeness (QED) is 0.528. The predicted molar refractivity (Wildman–Crippen MR) is 91.7 cm³/mol. The monoisotopic (exact) mass is 364 g/mol. The Kier molecular flexibility index (Phi) is 5.17. The first-order chi connectivity index (χ1) is 12.4. The Hall–Kier alpha value is -2.55. The molecule has 2 aromatic rings. The zero-order chi connectivity index (χ0) is 18.8. The van der Waals surface area contributed by atoms with Gasteiger partial charge < -0.3 is 9.47 Å². The second-order valence-corrected chi connectivity index (χ2v) is 6.46. The number of halogens is 1. The molecular formula is C17H21FN4O4. The summed E-state index contributed by atoms with van der Waals surface area (Å²) in [6.45, 7) is 3.20. The van der Waals surface area contributed by atoms with Crippen molar-refractivity contribution in [2.45, 2.75) is 38.8 Å². The van der Waals surface area contributed by atoms with Gasteiger partial charge in [-0.1, -0.05) is 0 Å². The van der Waals surface area contributed by atoms with Crippen LogP contribution in [0.5, 0.6) is 5.88 Å². The van der Waals surface area contributed by atoms with Gasteiger partial charge >= 0.3 is 11.6 Å². The zero-order valence-electron chi connectivity index (χ0n) is 14.9. The summed E-state index contributed by atoms with van der Waals surface area (Å²) in [6.07, 6.45) is 2.03. The van der Waals surface area contributed by atoms with Crippen LogP contribution in [0.15, 0.2) is 12.3 Å². The summed E-state index contributed by atoms with van der Waals surface area (Å²) in [4.78, 5) is 15.5. The number of nitro groups is 1. The van der Waals surface area contributed by atoms with E-state index in [4.69, 9.17) is 9.47 Å². The van der Waals surface area contributed by atoms with Crippen molar-refractivity contribution >= 4 is 5.69 Å². The highest BCUT2D eigenvalue weighted by Gasteiger charge is 2.40. The van der Waals surface area contributed by atoms with Crippen molar-refractivity contribution in [1.29, 1.82) is 0 Å². The second-order valence-electron chi connectivity index (χ2n) is 6.46. The summed E-state index contributed by atoms with van der Waals surface area (Å²) in [5, 5.41) is 16.0. The molecule has 1 fully saturated rings. The van der Waals surface area contributed by atoms with Crippen molar-refractivity contribution in [3.05, 3.63) is 39.3 Å². The van der Waals surface area contributed by atoms with Crippen LogP contribution in [-0.2, 0) is 4.74 Å². The molecule has 140 valence electrons. The fraction of sp³-hybridized carbons (Fsp3) is 0.529. The van der Waals surface area contributed by atoms with Crippen LogP contribution in [0.4, 0.5) is 10.1 Å². The number of alkyl halides is 1. The summed E-state index contributed by atoms with van der Waals surface area (Å²) in [5.74, 6) is -0.128. The number of nitrogens with zero attached hydrogens (tertiary/aromatic N) is 4. The van der Waals surface area contributed by atoms with Crippen LogP contribution in [0.3, 0.4) is 0 Å². The van der Waals surface area contributed by atoms with E-state index < -0.39 is 11.1 Å². The van der Waals surface area contributed by atoms with Gasteiger partial charge in [0.15, 0.2) is 6.17 Å². The van der Waals surface area contributed by atoms with Gasteiger partial charge in [-0.25, -0.2) is 9.07 Å². The largest absolute Gasteiger partial charge is 0.469 e. The Morgan fingerprint density at radius 1 is 1.42 bits per heavy atom. The van der Waals surface area contributed by atoms with Crippen LogP contribution in [0.2, 0.25) is 0 Å². The maximum absolute atomic E-state index is 13.7. The smallest absolute Gasteiger partial charge is 0.354 e. The first kappa shape index (κ1) is 18.2. The Bertz CT molecular complexity index is 819. The van der Waals surface area contributed by atoms with E-state index in [9.17, 15) is 14.5 Å². The molecule has 1 atom stereocenters. The molecule has 0 N–H and O–H groups in total. The molecule has 2 aromatic heterocycles. The van der Waals surface area contributed by atoms with Crippen LogP contribution < -0.4 is 4.74 Å². The molecule has 9 heteroatoms. The van der Waals surface area contributed by atoms with E-state index in [1.165, 1.54) is 11.8 Å². The SMILES string of the molecule is COCC(F)COc1nn(-c2cc(C)cnc2C)c(C2CC2)c1[N+](=O)[O-]. The highest BCUT2D eigenvalue weighted by atomic mass is 19.1.